The number of hydrogen-bond acceptors (Lipinski definition) is 3. The van der Waals surface area contributed by atoms with Crippen molar-refractivity contribution < 1.29 is 0 Å². The Morgan fingerprint density at radius 1 is 1.67 bits per heavy atom. The van der Waals surface area contributed by atoms with Gasteiger partial charge in [0.05, 0.1) is 0 Å². The first kappa shape index (κ1) is 9.66. The van der Waals surface area contributed by atoms with E-state index in [0.29, 0.717) is 4.58 Å². The lowest BCUT2D eigenvalue weighted by Gasteiger charge is -2.06. The highest BCUT2D eigenvalue weighted by molar-refractivity contribution is 8.10. The molecule has 0 aliphatic rings. The molecule has 3 heteroatoms. The van der Waals surface area contributed by atoms with E-state index in [9.17, 15) is 0 Å². The van der Waals surface area contributed by atoms with E-state index in [1.807, 2.05) is 18.8 Å². The Kier molecular flexibility index (Phi) is 7.27. The summed E-state index contributed by atoms with van der Waals surface area (Å²) in [4.78, 5) is 0. The lowest BCUT2D eigenvalue weighted by atomic mass is 10.5. The summed E-state index contributed by atoms with van der Waals surface area (Å²) in [5.41, 5.74) is 0. The fourth-order valence-electron chi connectivity index (χ4n) is 0.544. The highest BCUT2D eigenvalue weighted by Gasteiger charge is 1.98. The van der Waals surface area contributed by atoms with E-state index in [4.69, 9.17) is 0 Å². The maximum atomic E-state index is 4.37. The van der Waals surface area contributed by atoms with E-state index in [1.165, 1.54) is 0 Å². The largest absolute Gasteiger partial charge is 0.320 e. The first-order valence-corrected chi connectivity index (χ1v) is 4.82. The van der Waals surface area contributed by atoms with Gasteiger partial charge >= 0.3 is 0 Å². The van der Waals surface area contributed by atoms with Crippen molar-refractivity contribution in [1.29, 1.82) is 0 Å². The normalized spacial score (nSPS) is 13.7. The zero-order valence-electron chi connectivity index (χ0n) is 6.05. The Bertz CT molecular complexity index is 59.0. The average Bonchev–Trinajstić information content (AvgIpc) is 1.85. The quantitative estimate of drug-likeness (QED) is 0.474. The minimum atomic E-state index is 0.516. The number of thioether (sulfide) groups is 1. The monoisotopic (exact) mass is 165 g/mol. The Hall–Kier alpha value is 0.660. The molecule has 0 amide bonds. The molecule has 0 fully saturated rings. The van der Waals surface area contributed by atoms with Crippen LogP contribution in [0.15, 0.2) is 0 Å². The molecule has 0 radical (unpaired) electrons. The predicted molar refractivity (Wildman–Crippen MR) is 49.4 cm³/mol. The van der Waals surface area contributed by atoms with Crippen LogP contribution in [0.2, 0.25) is 0 Å². The molecule has 1 nitrogen and oxygen atoms in total. The van der Waals surface area contributed by atoms with Gasteiger partial charge in [-0.25, -0.2) is 0 Å². The molecule has 0 bridgehead atoms. The molecule has 0 aliphatic heterocycles. The van der Waals surface area contributed by atoms with Crippen molar-refractivity contribution in [2.45, 2.75) is 17.9 Å². The fourth-order valence-corrected chi connectivity index (χ4v) is 1.79. The summed E-state index contributed by atoms with van der Waals surface area (Å²) in [6, 6.07) is 0. The van der Waals surface area contributed by atoms with E-state index in [2.05, 4.69) is 24.9 Å². The topological polar surface area (TPSA) is 12.0 Å². The molecule has 0 saturated heterocycles. The maximum absolute atomic E-state index is 4.37. The van der Waals surface area contributed by atoms with Crippen LogP contribution in [0.1, 0.15) is 13.3 Å². The Balaban J connectivity index is 2.95. The van der Waals surface area contributed by atoms with Crippen LogP contribution in [0.25, 0.3) is 0 Å². The number of thiol groups is 1. The SMILES string of the molecule is CCSC(S)CCNC. The van der Waals surface area contributed by atoms with Gasteiger partial charge in [-0.1, -0.05) is 6.92 Å². The molecule has 0 aliphatic carbocycles. The number of hydrogen-bond donors (Lipinski definition) is 2. The maximum Gasteiger partial charge on any atom is 0.0484 e. The van der Waals surface area contributed by atoms with Crippen LogP contribution < -0.4 is 5.32 Å². The van der Waals surface area contributed by atoms with Crippen molar-refractivity contribution in [3.8, 4) is 0 Å². The van der Waals surface area contributed by atoms with Gasteiger partial charge < -0.3 is 5.32 Å². The van der Waals surface area contributed by atoms with Gasteiger partial charge in [0.1, 0.15) is 0 Å². The van der Waals surface area contributed by atoms with E-state index >= 15 is 0 Å². The van der Waals surface area contributed by atoms with Gasteiger partial charge in [0, 0.05) is 4.58 Å². The van der Waals surface area contributed by atoms with Gasteiger partial charge in [-0.2, -0.15) is 12.6 Å². The lowest BCUT2D eigenvalue weighted by molar-refractivity contribution is 0.766. The van der Waals surface area contributed by atoms with Crippen LogP contribution in [0.3, 0.4) is 0 Å². The molecule has 9 heavy (non-hydrogen) atoms. The summed E-state index contributed by atoms with van der Waals surface area (Å²) in [7, 11) is 1.97. The lowest BCUT2D eigenvalue weighted by Crippen LogP contribution is -2.11. The molecule has 0 heterocycles. The second kappa shape index (κ2) is 6.78. The Labute approximate surface area is 67.4 Å². The smallest absolute Gasteiger partial charge is 0.0484 e. The summed E-state index contributed by atoms with van der Waals surface area (Å²) in [5.74, 6) is 1.16. The molecule has 0 rings (SSSR count). The third-order valence-electron chi connectivity index (χ3n) is 1.00. The summed E-state index contributed by atoms with van der Waals surface area (Å²) >= 11 is 6.26. The van der Waals surface area contributed by atoms with Crippen molar-refractivity contribution in [3.05, 3.63) is 0 Å². The highest BCUT2D eigenvalue weighted by Crippen LogP contribution is 2.16. The third kappa shape index (κ3) is 6.55. The minimum absolute atomic E-state index is 0.516. The summed E-state index contributed by atoms with van der Waals surface area (Å²) in [5, 5.41) is 3.09. The number of rotatable bonds is 5. The van der Waals surface area contributed by atoms with Gasteiger partial charge in [-0.05, 0) is 25.8 Å². The standard InChI is InChI=1S/C6H15NS2/c1-3-9-6(8)4-5-7-2/h6-8H,3-5H2,1-2H3. The fraction of sp³-hybridized carbons (Fsp3) is 1.00. The third-order valence-corrected chi connectivity index (χ3v) is 2.66. The van der Waals surface area contributed by atoms with Crippen LogP contribution in [0, 0.1) is 0 Å². The average molecular weight is 165 g/mol. The van der Waals surface area contributed by atoms with Gasteiger partial charge in [-0.3, -0.25) is 0 Å². The first-order valence-electron chi connectivity index (χ1n) is 3.25. The molecular weight excluding hydrogens is 150 g/mol. The van der Waals surface area contributed by atoms with Gasteiger partial charge in [0.2, 0.25) is 0 Å². The first-order chi connectivity index (χ1) is 4.31. The van der Waals surface area contributed by atoms with Crippen LogP contribution in [0.5, 0.6) is 0 Å². The Morgan fingerprint density at radius 2 is 2.33 bits per heavy atom. The van der Waals surface area contributed by atoms with Crippen LogP contribution in [-0.2, 0) is 0 Å². The Morgan fingerprint density at radius 3 is 2.78 bits per heavy atom. The van der Waals surface area contributed by atoms with Crippen LogP contribution in [0.4, 0.5) is 0 Å². The molecule has 0 aromatic heterocycles. The molecule has 1 atom stereocenters. The zero-order chi connectivity index (χ0) is 7.11. The highest BCUT2D eigenvalue weighted by atomic mass is 32.2. The molecule has 0 saturated carbocycles. The van der Waals surface area contributed by atoms with Gasteiger partial charge in [-0.15, -0.1) is 11.8 Å². The number of nitrogens with one attached hydrogen (secondary N) is 1. The minimum Gasteiger partial charge on any atom is -0.320 e. The van der Waals surface area contributed by atoms with Crippen molar-refractivity contribution in [2.75, 3.05) is 19.3 Å². The van der Waals surface area contributed by atoms with E-state index in [1.54, 1.807) is 0 Å². The van der Waals surface area contributed by atoms with E-state index in [0.717, 1.165) is 18.7 Å². The second-order valence-corrected chi connectivity index (χ2v) is 4.25. The molecule has 56 valence electrons. The molecule has 0 aromatic rings. The summed E-state index contributed by atoms with van der Waals surface area (Å²) in [6.07, 6.45) is 1.15. The van der Waals surface area contributed by atoms with Crippen LogP contribution in [-0.4, -0.2) is 23.9 Å². The zero-order valence-corrected chi connectivity index (χ0v) is 7.77. The van der Waals surface area contributed by atoms with E-state index < -0.39 is 0 Å². The van der Waals surface area contributed by atoms with Crippen molar-refractivity contribution in [2.24, 2.45) is 0 Å². The van der Waals surface area contributed by atoms with Crippen molar-refractivity contribution in [3.63, 3.8) is 0 Å². The molecule has 1 N–H and O–H groups in total. The van der Waals surface area contributed by atoms with Gasteiger partial charge in [0.15, 0.2) is 0 Å². The predicted octanol–water partition coefficient (Wildman–Crippen LogP) is 1.60. The van der Waals surface area contributed by atoms with Crippen molar-refractivity contribution >= 4 is 24.4 Å². The second-order valence-electron chi connectivity index (χ2n) is 1.80. The van der Waals surface area contributed by atoms with Crippen molar-refractivity contribution in [1.82, 2.24) is 5.32 Å². The van der Waals surface area contributed by atoms with Crippen LogP contribution >= 0.6 is 24.4 Å². The summed E-state index contributed by atoms with van der Waals surface area (Å²) in [6.45, 7) is 3.23. The molecule has 0 spiro atoms. The summed E-state index contributed by atoms with van der Waals surface area (Å²) < 4.78 is 0.516. The van der Waals surface area contributed by atoms with E-state index in [-0.39, 0.29) is 0 Å². The molecular formula is C6H15NS2. The molecule has 0 aromatic carbocycles. The molecule has 1 unspecified atom stereocenters. The van der Waals surface area contributed by atoms with Gasteiger partial charge in [0.25, 0.3) is 0 Å².